The number of ether oxygens (including phenoxy) is 2. The van der Waals surface area contributed by atoms with E-state index in [1.54, 1.807) is 0 Å². The SMILES string of the molecule is CCCCCCCCCC[N+](C)(C)CC(O)COCCC[Si](C)(C)O[Si](C)(C)O[Si](C)(C)CCCOCC(O)C[N+](C)(C)CCCCCCCCCC.[Cl-].[Cl-]. The summed E-state index contributed by atoms with van der Waals surface area (Å²) in [6.45, 7) is 24.0. The molecule has 0 heterocycles. The van der Waals surface area contributed by atoms with Gasteiger partial charge in [0, 0.05) is 13.2 Å². The maximum absolute atomic E-state index is 10.7. The van der Waals surface area contributed by atoms with E-state index in [1.165, 1.54) is 103 Å². The molecule has 0 aromatic heterocycles. The molecule has 0 saturated carbocycles. The molecule has 336 valence electrons. The molecule has 8 nitrogen and oxygen atoms in total. The Kier molecular flexibility index (Phi) is 36.8. The molecule has 0 rings (SSSR count). The third kappa shape index (κ3) is 38.8. The first-order valence-electron chi connectivity index (χ1n) is 22.3. The molecule has 0 fully saturated rings. The quantitative estimate of drug-likeness (QED) is 0.0554. The van der Waals surface area contributed by atoms with Gasteiger partial charge in [0.05, 0.1) is 54.5 Å². The van der Waals surface area contributed by atoms with Crippen LogP contribution < -0.4 is 24.8 Å². The number of rotatable bonds is 38. The van der Waals surface area contributed by atoms with Crippen LogP contribution in [0.4, 0.5) is 0 Å². The van der Waals surface area contributed by atoms with Crippen molar-refractivity contribution in [2.45, 2.75) is 193 Å². The number of likely N-dealkylation sites (N-methyl/N-ethyl adjacent to an activating group) is 2. The van der Waals surface area contributed by atoms with Gasteiger partial charge in [-0.2, -0.15) is 0 Å². The number of nitrogens with zero attached hydrogens (tertiary/aromatic N) is 2. The number of hydrogen-bond donors (Lipinski definition) is 2. The summed E-state index contributed by atoms with van der Waals surface area (Å²) in [6, 6.07) is 2.05. The van der Waals surface area contributed by atoms with E-state index in [2.05, 4.69) is 81.3 Å². The third-order valence-electron chi connectivity index (χ3n) is 10.4. The molecule has 0 saturated heterocycles. The molecule has 0 bridgehead atoms. The molecule has 0 aliphatic carbocycles. The van der Waals surface area contributed by atoms with Crippen LogP contribution in [0.25, 0.3) is 0 Å². The summed E-state index contributed by atoms with van der Waals surface area (Å²) < 4.78 is 27.2. The predicted molar refractivity (Wildman–Crippen MR) is 236 cm³/mol. The molecule has 0 aliphatic heterocycles. The minimum atomic E-state index is -2.29. The predicted octanol–water partition coefficient (Wildman–Crippen LogP) is 4.11. The van der Waals surface area contributed by atoms with Crippen molar-refractivity contribution >= 4 is 25.2 Å². The summed E-state index contributed by atoms with van der Waals surface area (Å²) >= 11 is 0. The maximum Gasteiger partial charge on any atom is 0.311 e. The summed E-state index contributed by atoms with van der Waals surface area (Å²) in [6.07, 6.45) is 22.4. The lowest BCUT2D eigenvalue weighted by Crippen LogP contribution is -3.00. The van der Waals surface area contributed by atoms with Gasteiger partial charge in [0.2, 0.25) is 0 Å². The van der Waals surface area contributed by atoms with E-state index >= 15 is 0 Å². The van der Waals surface area contributed by atoms with Crippen molar-refractivity contribution in [3.63, 3.8) is 0 Å². The van der Waals surface area contributed by atoms with Crippen LogP contribution in [0.1, 0.15) is 129 Å². The van der Waals surface area contributed by atoms with Gasteiger partial charge < -0.3 is 61.7 Å². The summed E-state index contributed by atoms with van der Waals surface area (Å²) in [5, 5.41) is 21.3. The van der Waals surface area contributed by atoms with E-state index in [1.807, 2.05) is 0 Å². The van der Waals surface area contributed by atoms with E-state index in [0.29, 0.717) is 26.4 Å². The van der Waals surface area contributed by atoms with Crippen LogP contribution in [0.5, 0.6) is 0 Å². The first-order valence-corrected chi connectivity index (χ1v) is 31.3. The molecular weight excluding hydrogens is 784 g/mol. The standard InChI is InChI=1S/C42H96N2O6Si3.2ClH/c1-13-15-17-19-21-23-25-27-31-43(3,4)37-41(45)39-47-33-29-35-51(7,8)49-53(11,12)50-52(9,10)36-30-34-48-40-42(46)38-44(5,6)32-28-26-24-22-20-18-16-14-2;;/h41-42,45-46H,13-40H2,1-12H3;2*1H/q+2;;/p-2. The van der Waals surface area contributed by atoms with Gasteiger partial charge in [0.1, 0.15) is 25.3 Å². The lowest BCUT2D eigenvalue weighted by Gasteiger charge is -2.38. The molecule has 2 N–H and O–H groups in total. The van der Waals surface area contributed by atoms with Crippen LogP contribution in [-0.2, 0) is 17.7 Å². The van der Waals surface area contributed by atoms with Crippen molar-refractivity contribution < 1.29 is 61.7 Å². The highest BCUT2D eigenvalue weighted by atomic mass is 35.5. The fourth-order valence-electron chi connectivity index (χ4n) is 7.87. The summed E-state index contributed by atoms with van der Waals surface area (Å²) in [7, 11) is 2.78. The highest BCUT2D eigenvalue weighted by Gasteiger charge is 2.39. The Morgan fingerprint density at radius 2 is 0.745 bits per heavy atom. The first kappa shape index (κ1) is 60.2. The Balaban J connectivity index is -0.0000135. The topological polar surface area (TPSA) is 77.4 Å². The van der Waals surface area contributed by atoms with Crippen LogP contribution >= 0.6 is 0 Å². The number of aliphatic hydroxyl groups is 2. The molecule has 0 aliphatic rings. The molecule has 13 heteroatoms. The van der Waals surface area contributed by atoms with Crippen molar-refractivity contribution in [2.75, 3.05) is 80.8 Å². The minimum Gasteiger partial charge on any atom is -1.00 e. The lowest BCUT2D eigenvalue weighted by molar-refractivity contribution is -0.893. The summed E-state index contributed by atoms with van der Waals surface area (Å²) in [5.74, 6) is 0. The van der Waals surface area contributed by atoms with E-state index in [-0.39, 0.29) is 24.8 Å². The molecule has 0 aromatic carbocycles. The smallest absolute Gasteiger partial charge is 0.311 e. The Hall–Kier alpha value is 0.911. The summed E-state index contributed by atoms with van der Waals surface area (Å²) in [4.78, 5) is 0. The van der Waals surface area contributed by atoms with Crippen LogP contribution in [0.15, 0.2) is 0 Å². The Morgan fingerprint density at radius 3 is 1.05 bits per heavy atom. The number of aliphatic hydroxyl groups excluding tert-OH is 2. The zero-order chi connectivity index (χ0) is 40.3. The highest BCUT2D eigenvalue weighted by Crippen LogP contribution is 2.26. The van der Waals surface area contributed by atoms with Crippen molar-refractivity contribution in [1.29, 1.82) is 0 Å². The van der Waals surface area contributed by atoms with E-state index in [4.69, 9.17) is 17.7 Å². The molecule has 2 atom stereocenters. The maximum atomic E-state index is 10.7. The molecule has 0 radical (unpaired) electrons. The van der Waals surface area contributed by atoms with Crippen molar-refractivity contribution in [2.24, 2.45) is 0 Å². The van der Waals surface area contributed by atoms with Crippen molar-refractivity contribution in [3.05, 3.63) is 0 Å². The molecule has 55 heavy (non-hydrogen) atoms. The minimum absolute atomic E-state index is 0. The molecule has 2 unspecified atom stereocenters. The monoisotopic (exact) mass is 879 g/mol. The van der Waals surface area contributed by atoms with Gasteiger partial charge in [-0.1, -0.05) is 90.9 Å². The second-order valence-electron chi connectivity index (χ2n) is 19.4. The van der Waals surface area contributed by atoms with Gasteiger partial charge in [-0.15, -0.1) is 0 Å². The Labute approximate surface area is 359 Å². The lowest BCUT2D eigenvalue weighted by atomic mass is 10.1. The third-order valence-corrected chi connectivity index (χ3v) is 21.9. The second-order valence-corrected chi connectivity index (χ2v) is 31.9. The average molecular weight is 880 g/mol. The number of quaternary nitrogens is 2. The molecule has 0 amide bonds. The fraction of sp³-hybridized carbons (Fsp3) is 1.00. The average Bonchev–Trinajstić information content (AvgIpc) is 3.01. The Morgan fingerprint density at radius 1 is 0.455 bits per heavy atom. The number of halogens is 2. The van der Waals surface area contributed by atoms with Crippen LogP contribution in [-0.4, -0.2) is 137 Å². The fourth-order valence-corrected chi connectivity index (χ4v) is 21.9. The van der Waals surface area contributed by atoms with Gasteiger partial charge >= 0.3 is 8.56 Å². The van der Waals surface area contributed by atoms with Crippen molar-refractivity contribution in [1.82, 2.24) is 0 Å². The summed E-state index contributed by atoms with van der Waals surface area (Å²) in [5.41, 5.74) is 0. The van der Waals surface area contributed by atoms with Gasteiger partial charge in [-0.05, 0) is 89.9 Å². The van der Waals surface area contributed by atoms with E-state index in [0.717, 1.165) is 60.1 Å². The second kappa shape index (κ2) is 33.6. The molecular formula is C42H96Cl2N2O6Si3. The van der Waals surface area contributed by atoms with Gasteiger partial charge in [-0.3, -0.25) is 0 Å². The van der Waals surface area contributed by atoms with Gasteiger partial charge in [0.25, 0.3) is 0 Å². The van der Waals surface area contributed by atoms with Crippen LogP contribution in [0.3, 0.4) is 0 Å². The zero-order valence-corrected chi connectivity index (χ0v) is 43.1. The van der Waals surface area contributed by atoms with Gasteiger partial charge in [0.15, 0.2) is 16.6 Å². The zero-order valence-electron chi connectivity index (χ0n) is 38.6. The largest absolute Gasteiger partial charge is 1.00 e. The Bertz CT molecular complexity index is 809. The van der Waals surface area contributed by atoms with E-state index in [9.17, 15) is 10.2 Å². The van der Waals surface area contributed by atoms with Gasteiger partial charge in [-0.25, -0.2) is 0 Å². The van der Waals surface area contributed by atoms with Crippen LogP contribution in [0, 0.1) is 0 Å². The van der Waals surface area contributed by atoms with E-state index < -0.39 is 37.4 Å². The highest BCUT2D eigenvalue weighted by molar-refractivity contribution is 6.87. The number of unbranched alkanes of at least 4 members (excludes halogenated alkanes) is 14. The normalized spacial score (nSPS) is 14.1. The number of hydrogen-bond acceptors (Lipinski definition) is 6. The molecule has 0 spiro atoms. The molecule has 0 aromatic rings. The van der Waals surface area contributed by atoms with Crippen LogP contribution in [0.2, 0.25) is 51.4 Å². The van der Waals surface area contributed by atoms with Crippen molar-refractivity contribution in [3.8, 4) is 0 Å². The first-order chi connectivity index (χ1) is 24.7.